The molecule has 1 aliphatic rings. The van der Waals surface area contributed by atoms with Gasteiger partial charge in [-0.25, -0.2) is 0 Å². The molecule has 0 heterocycles. The van der Waals surface area contributed by atoms with Gasteiger partial charge in [-0.2, -0.15) is 0 Å². The maximum Gasteiger partial charge on any atom is 0.237 e. The molecule has 4 nitrogen and oxygen atoms in total. The number of rotatable bonds is 7. The molecule has 1 fully saturated rings. The molecular weight excluding hydrogens is 240 g/mol. The zero-order valence-electron chi connectivity index (χ0n) is 12.6. The van der Waals surface area contributed by atoms with Crippen LogP contribution in [0.5, 0.6) is 0 Å². The van der Waals surface area contributed by atoms with Crippen LogP contribution in [0.1, 0.15) is 59.3 Å². The second kappa shape index (κ2) is 8.54. The van der Waals surface area contributed by atoms with Crippen LogP contribution in [0.3, 0.4) is 0 Å². The summed E-state index contributed by atoms with van der Waals surface area (Å²) >= 11 is 0. The molecule has 1 saturated carbocycles. The van der Waals surface area contributed by atoms with Crippen molar-refractivity contribution >= 4 is 5.91 Å². The van der Waals surface area contributed by atoms with E-state index in [4.69, 9.17) is 0 Å². The maximum absolute atomic E-state index is 12.1. The molecule has 0 radical (unpaired) electrons. The van der Waals surface area contributed by atoms with Crippen LogP contribution in [0.15, 0.2) is 0 Å². The summed E-state index contributed by atoms with van der Waals surface area (Å²) in [6.45, 7) is 6.20. The van der Waals surface area contributed by atoms with E-state index in [1.165, 1.54) is 19.3 Å². The third kappa shape index (κ3) is 6.39. The van der Waals surface area contributed by atoms with Gasteiger partial charge in [0.05, 0.1) is 12.6 Å². The quantitative estimate of drug-likeness (QED) is 0.661. The van der Waals surface area contributed by atoms with Gasteiger partial charge in [-0.05, 0) is 32.1 Å². The Hall–Kier alpha value is -0.610. The normalized spacial score (nSPS) is 20.3. The van der Waals surface area contributed by atoms with Gasteiger partial charge in [-0.15, -0.1) is 0 Å². The van der Waals surface area contributed by atoms with Crippen molar-refractivity contribution in [1.29, 1.82) is 0 Å². The minimum Gasteiger partial charge on any atom is -0.395 e. The first kappa shape index (κ1) is 16.4. The molecule has 0 aromatic carbocycles. The molecule has 4 heteroatoms. The van der Waals surface area contributed by atoms with Crippen molar-refractivity contribution in [3.05, 3.63) is 0 Å². The van der Waals surface area contributed by atoms with Gasteiger partial charge >= 0.3 is 0 Å². The Labute approximate surface area is 117 Å². The van der Waals surface area contributed by atoms with Gasteiger partial charge in [0, 0.05) is 12.1 Å². The third-order valence-electron chi connectivity index (χ3n) is 3.81. The number of aliphatic hydroxyl groups excluding tert-OH is 1. The highest BCUT2D eigenvalue weighted by Crippen LogP contribution is 2.17. The van der Waals surface area contributed by atoms with Crippen LogP contribution in [0.25, 0.3) is 0 Å². The minimum atomic E-state index is -0.238. The smallest absolute Gasteiger partial charge is 0.237 e. The number of aliphatic hydroxyl groups is 1. The number of amides is 1. The molecule has 1 amide bonds. The molecule has 0 saturated heterocycles. The van der Waals surface area contributed by atoms with E-state index in [2.05, 4.69) is 24.5 Å². The predicted octanol–water partition coefficient (Wildman–Crippen LogP) is 1.82. The van der Waals surface area contributed by atoms with Gasteiger partial charge < -0.3 is 15.7 Å². The van der Waals surface area contributed by atoms with Crippen molar-refractivity contribution in [3.8, 4) is 0 Å². The molecule has 0 spiro atoms. The van der Waals surface area contributed by atoms with Gasteiger partial charge in [-0.3, -0.25) is 4.79 Å². The molecule has 2 unspecified atom stereocenters. The summed E-state index contributed by atoms with van der Waals surface area (Å²) in [6, 6.07) is 0.119. The topological polar surface area (TPSA) is 61.4 Å². The lowest BCUT2D eigenvalue weighted by molar-refractivity contribution is -0.124. The van der Waals surface area contributed by atoms with Crippen LogP contribution in [0, 0.1) is 5.92 Å². The Morgan fingerprint density at radius 1 is 1.21 bits per heavy atom. The van der Waals surface area contributed by atoms with Crippen LogP contribution < -0.4 is 10.6 Å². The summed E-state index contributed by atoms with van der Waals surface area (Å²) in [4.78, 5) is 12.1. The lowest BCUT2D eigenvalue weighted by Gasteiger charge is -2.27. The summed E-state index contributed by atoms with van der Waals surface area (Å²) in [5.41, 5.74) is 0. The van der Waals surface area contributed by atoms with E-state index >= 15 is 0 Å². The Morgan fingerprint density at radius 2 is 1.84 bits per heavy atom. The summed E-state index contributed by atoms with van der Waals surface area (Å²) in [7, 11) is 0. The number of nitrogens with one attached hydrogen (secondary N) is 2. The van der Waals surface area contributed by atoms with Crippen molar-refractivity contribution in [2.45, 2.75) is 77.4 Å². The molecule has 1 rings (SSSR count). The first-order chi connectivity index (χ1) is 9.02. The van der Waals surface area contributed by atoms with Gasteiger partial charge in [0.25, 0.3) is 0 Å². The molecule has 2 atom stereocenters. The average molecular weight is 270 g/mol. The molecule has 0 aromatic heterocycles. The highest BCUT2D eigenvalue weighted by atomic mass is 16.3. The standard InChI is InChI=1S/C15H30N2O2/c1-11(2)9-14(10-18)16-12(3)15(19)17-13-7-5-4-6-8-13/h11-14,16,18H,4-10H2,1-3H3,(H,17,19). The number of hydrogen-bond acceptors (Lipinski definition) is 3. The molecule has 0 aromatic rings. The highest BCUT2D eigenvalue weighted by Gasteiger charge is 2.21. The molecule has 0 aliphatic heterocycles. The molecule has 112 valence electrons. The van der Waals surface area contributed by atoms with E-state index in [1.54, 1.807) is 0 Å². The zero-order valence-corrected chi connectivity index (χ0v) is 12.6. The Morgan fingerprint density at radius 3 is 2.37 bits per heavy atom. The summed E-state index contributed by atoms with van der Waals surface area (Å²) in [5.74, 6) is 0.576. The largest absolute Gasteiger partial charge is 0.395 e. The maximum atomic E-state index is 12.1. The van der Waals surface area contributed by atoms with Gasteiger partial charge in [0.2, 0.25) is 5.91 Å². The molecule has 19 heavy (non-hydrogen) atoms. The monoisotopic (exact) mass is 270 g/mol. The van der Waals surface area contributed by atoms with E-state index in [0.717, 1.165) is 19.3 Å². The van der Waals surface area contributed by atoms with Crippen LogP contribution in [0.4, 0.5) is 0 Å². The van der Waals surface area contributed by atoms with Crippen molar-refractivity contribution < 1.29 is 9.90 Å². The van der Waals surface area contributed by atoms with E-state index in [-0.39, 0.29) is 24.6 Å². The van der Waals surface area contributed by atoms with Crippen molar-refractivity contribution in [3.63, 3.8) is 0 Å². The van der Waals surface area contributed by atoms with Gasteiger partial charge in [-0.1, -0.05) is 33.1 Å². The predicted molar refractivity (Wildman–Crippen MR) is 77.9 cm³/mol. The summed E-state index contributed by atoms with van der Waals surface area (Å²) < 4.78 is 0. The minimum absolute atomic E-state index is 0.00658. The lowest BCUT2D eigenvalue weighted by atomic mass is 9.95. The fourth-order valence-corrected chi connectivity index (χ4v) is 2.77. The summed E-state index contributed by atoms with van der Waals surface area (Å²) in [6.07, 6.45) is 6.83. The van der Waals surface area contributed by atoms with E-state index in [1.807, 2.05) is 6.92 Å². The van der Waals surface area contributed by atoms with E-state index in [9.17, 15) is 9.90 Å². The average Bonchev–Trinajstić information content (AvgIpc) is 2.38. The first-order valence-corrected chi connectivity index (χ1v) is 7.70. The summed E-state index contributed by atoms with van der Waals surface area (Å²) in [5, 5.41) is 15.7. The fourth-order valence-electron chi connectivity index (χ4n) is 2.77. The van der Waals surface area contributed by atoms with Crippen LogP contribution in [-0.2, 0) is 4.79 Å². The molecular formula is C15H30N2O2. The Balaban J connectivity index is 2.33. The van der Waals surface area contributed by atoms with E-state index in [0.29, 0.717) is 12.0 Å². The lowest BCUT2D eigenvalue weighted by Crippen LogP contribution is -2.50. The number of carbonyl (C=O) groups excluding carboxylic acids is 1. The number of hydrogen-bond donors (Lipinski definition) is 3. The Bertz CT molecular complexity index is 263. The van der Waals surface area contributed by atoms with Crippen LogP contribution >= 0.6 is 0 Å². The van der Waals surface area contributed by atoms with Crippen molar-refractivity contribution in [2.75, 3.05) is 6.61 Å². The molecule has 1 aliphatic carbocycles. The SMILES string of the molecule is CC(C)CC(CO)NC(C)C(=O)NC1CCCCC1. The third-order valence-corrected chi connectivity index (χ3v) is 3.81. The van der Waals surface area contributed by atoms with E-state index < -0.39 is 0 Å². The first-order valence-electron chi connectivity index (χ1n) is 7.70. The van der Waals surface area contributed by atoms with Gasteiger partial charge in [0.15, 0.2) is 0 Å². The van der Waals surface area contributed by atoms with Crippen LogP contribution in [-0.4, -0.2) is 35.7 Å². The van der Waals surface area contributed by atoms with Crippen LogP contribution in [0.2, 0.25) is 0 Å². The molecule has 3 N–H and O–H groups in total. The second-order valence-electron chi connectivity index (χ2n) is 6.24. The highest BCUT2D eigenvalue weighted by molar-refractivity contribution is 5.81. The fraction of sp³-hybridized carbons (Fsp3) is 0.933. The molecule has 0 bridgehead atoms. The zero-order chi connectivity index (χ0) is 14.3. The second-order valence-corrected chi connectivity index (χ2v) is 6.24. The number of carbonyl (C=O) groups is 1. The van der Waals surface area contributed by atoms with Crippen molar-refractivity contribution in [2.24, 2.45) is 5.92 Å². The van der Waals surface area contributed by atoms with Gasteiger partial charge in [0.1, 0.15) is 0 Å². The van der Waals surface area contributed by atoms with Crippen molar-refractivity contribution in [1.82, 2.24) is 10.6 Å². The Kier molecular flexibility index (Phi) is 7.39.